The summed E-state index contributed by atoms with van der Waals surface area (Å²) in [6.45, 7) is 8.88. The molecular weight excluding hydrogens is 488 g/mol. The van der Waals surface area contributed by atoms with Gasteiger partial charge in [-0.15, -0.1) is 0 Å². The SMILES string of the molecule is Cc1cccc(F)c1-c1c(Cl)cc2c(N3CCN(C(=O)OC(C)(C)C)CC3)c(CN)c(N)nc2c1F. The van der Waals surface area contributed by atoms with Crippen molar-refractivity contribution in [2.24, 2.45) is 5.73 Å². The number of carbonyl (C=O) groups excluding carboxylic acids is 1. The molecule has 1 amide bonds. The molecule has 0 saturated carbocycles. The quantitative estimate of drug-likeness (QED) is 0.493. The van der Waals surface area contributed by atoms with E-state index < -0.39 is 17.2 Å². The van der Waals surface area contributed by atoms with Gasteiger partial charge in [-0.05, 0) is 45.4 Å². The van der Waals surface area contributed by atoms with E-state index in [2.05, 4.69) is 4.98 Å². The fraction of sp³-hybridized carbons (Fsp3) is 0.385. The molecule has 1 aromatic heterocycles. The highest BCUT2D eigenvalue weighted by molar-refractivity contribution is 6.34. The van der Waals surface area contributed by atoms with E-state index in [9.17, 15) is 9.18 Å². The molecule has 0 aliphatic carbocycles. The molecule has 0 radical (unpaired) electrons. The second-order valence-corrected chi connectivity index (χ2v) is 10.3. The number of anilines is 2. The number of aryl methyl sites for hydroxylation is 1. The number of benzene rings is 2. The third-order valence-electron chi connectivity index (χ3n) is 6.20. The van der Waals surface area contributed by atoms with Crippen LogP contribution in [-0.2, 0) is 11.3 Å². The molecule has 10 heteroatoms. The summed E-state index contributed by atoms with van der Waals surface area (Å²) in [5.41, 5.74) is 13.4. The third-order valence-corrected chi connectivity index (χ3v) is 6.50. The molecule has 0 atom stereocenters. The molecule has 0 unspecified atom stereocenters. The molecule has 0 bridgehead atoms. The summed E-state index contributed by atoms with van der Waals surface area (Å²) in [7, 11) is 0. The Bertz CT molecular complexity index is 1310. The lowest BCUT2D eigenvalue weighted by Gasteiger charge is -2.38. The first-order valence-electron chi connectivity index (χ1n) is 11.7. The van der Waals surface area contributed by atoms with Crippen LogP contribution in [0.25, 0.3) is 22.0 Å². The van der Waals surface area contributed by atoms with Gasteiger partial charge in [-0.1, -0.05) is 23.7 Å². The normalized spacial score (nSPS) is 14.4. The topological polar surface area (TPSA) is 97.7 Å². The second-order valence-electron chi connectivity index (χ2n) is 9.86. The largest absolute Gasteiger partial charge is 0.444 e. The van der Waals surface area contributed by atoms with Gasteiger partial charge in [0.05, 0.1) is 10.7 Å². The van der Waals surface area contributed by atoms with Gasteiger partial charge < -0.3 is 26.0 Å². The number of amides is 1. The summed E-state index contributed by atoms with van der Waals surface area (Å²) in [4.78, 5) is 20.4. The number of nitrogens with zero attached hydrogens (tertiary/aromatic N) is 3. The number of rotatable bonds is 3. The molecular formula is C26H30ClF2N5O2. The minimum absolute atomic E-state index is 0.0173. The number of hydrogen-bond donors (Lipinski definition) is 2. The van der Waals surface area contributed by atoms with Gasteiger partial charge in [0.2, 0.25) is 0 Å². The molecule has 2 aromatic carbocycles. The minimum Gasteiger partial charge on any atom is -0.444 e. The van der Waals surface area contributed by atoms with Gasteiger partial charge in [-0.2, -0.15) is 0 Å². The molecule has 7 nitrogen and oxygen atoms in total. The lowest BCUT2D eigenvalue weighted by molar-refractivity contribution is 0.0240. The van der Waals surface area contributed by atoms with Crippen LogP contribution in [0.1, 0.15) is 31.9 Å². The van der Waals surface area contributed by atoms with Gasteiger partial charge in [0.25, 0.3) is 0 Å². The highest BCUT2D eigenvalue weighted by Gasteiger charge is 2.30. The van der Waals surface area contributed by atoms with E-state index >= 15 is 4.39 Å². The minimum atomic E-state index is -0.755. The van der Waals surface area contributed by atoms with Crippen LogP contribution in [0.2, 0.25) is 5.02 Å². The van der Waals surface area contributed by atoms with E-state index in [0.29, 0.717) is 48.4 Å². The molecule has 3 aromatic rings. The highest BCUT2D eigenvalue weighted by atomic mass is 35.5. The standard InChI is InChI=1S/C26H30ClF2N5O2/c1-14-6-5-7-18(28)19(14)20-17(27)12-15-22(21(20)29)32-24(31)16(13-30)23(15)33-8-10-34(11-9-33)25(35)36-26(2,3)4/h5-7,12H,8-11,13,30H2,1-4H3,(H2,31,32). The van der Waals surface area contributed by atoms with Gasteiger partial charge in [0.1, 0.15) is 22.8 Å². The fourth-order valence-corrected chi connectivity index (χ4v) is 4.84. The van der Waals surface area contributed by atoms with Crippen LogP contribution >= 0.6 is 11.6 Å². The summed E-state index contributed by atoms with van der Waals surface area (Å²) in [6.07, 6.45) is -0.390. The van der Waals surface area contributed by atoms with Gasteiger partial charge >= 0.3 is 6.09 Å². The van der Waals surface area contributed by atoms with Gasteiger partial charge in [0, 0.05) is 54.8 Å². The average molecular weight is 518 g/mol. The maximum atomic E-state index is 16.0. The Morgan fingerprint density at radius 1 is 1.17 bits per heavy atom. The van der Waals surface area contributed by atoms with Crippen molar-refractivity contribution in [2.45, 2.75) is 39.8 Å². The summed E-state index contributed by atoms with van der Waals surface area (Å²) in [5.74, 6) is -1.25. The number of hydrogen-bond acceptors (Lipinski definition) is 6. The average Bonchev–Trinajstić information content (AvgIpc) is 2.80. The fourth-order valence-electron chi connectivity index (χ4n) is 4.55. The number of pyridine rings is 1. The van der Waals surface area contributed by atoms with E-state index in [1.165, 1.54) is 6.07 Å². The van der Waals surface area contributed by atoms with E-state index in [1.54, 1.807) is 30.0 Å². The Labute approximate surface area is 214 Å². The molecule has 0 spiro atoms. The number of fused-ring (bicyclic) bond motifs is 1. The molecule has 36 heavy (non-hydrogen) atoms. The Hall–Kier alpha value is -3.17. The number of halogens is 3. The Balaban J connectivity index is 1.80. The smallest absolute Gasteiger partial charge is 0.410 e. The molecule has 1 aliphatic heterocycles. The monoisotopic (exact) mass is 517 g/mol. The van der Waals surface area contributed by atoms with Crippen molar-refractivity contribution in [3.8, 4) is 11.1 Å². The van der Waals surface area contributed by atoms with Crippen molar-refractivity contribution in [3.05, 3.63) is 52.0 Å². The van der Waals surface area contributed by atoms with Crippen molar-refractivity contribution < 1.29 is 18.3 Å². The zero-order valence-electron chi connectivity index (χ0n) is 20.8. The zero-order chi connectivity index (χ0) is 26.4. The number of nitrogen functional groups attached to an aromatic ring is 1. The Kier molecular flexibility index (Phi) is 6.99. The van der Waals surface area contributed by atoms with Crippen LogP contribution in [-0.4, -0.2) is 47.8 Å². The molecule has 2 heterocycles. The maximum absolute atomic E-state index is 16.0. The van der Waals surface area contributed by atoms with Crippen LogP contribution in [0.4, 0.5) is 25.1 Å². The number of piperazine rings is 1. The predicted octanol–water partition coefficient (Wildman–Crippen LogP) is 5.24. The van der Waals surface area contributed by atoms with Gasteiger partial charge in [-0.25, -0.2) is 18.6 Å². The summed E-state index contributed by atoms with van der Waals surface area (Å²) in [6, 6.07) is 6.09. The number of aromatic nitrogens is 1. The number of nitrogens with two attached hydrogens (primary N) is 2. The lowest BCUT2D eigenvalue weighted by Crippen LogP contribution is -2.50. The van der Waals surface area contributed by atoms with E-state index in [1.807, 2.05) is 25.7 Å². The van der Waals surface area contributed by atoms with Gasteiger partial charge in [-0.3, -0.25) is 0 Å². The highest BCUT2D eigenvalue weighted by Crippen LogP contribution is 2.42. The maximum Gasteiger partial charge on any atom is 0.410 e. The summed E-state index contributed by atoms with van der Waals surface area (Å²) < 4.78 is 36.2. The van der Waals surface area contributed by atoms with Crippen LogP contribution in [0.3, 0.4) is 0 Å². The van der Waals surface area contributed by atoms with Crippen molar-refractivity contribution in [3.63, 3.8) is 0 Å². The first-order chi connectivity index (χ1) is 16.9. The molecule has 1 saturated heterocycles. The van der Waals surface area contributed by atoms with Gasteiger partial charge in [0.15, 0.2) is 5.82 Å². The van der Waals surface area contributed by atoms with Crippen LogP contribution in [0.5, 0.6) is 0 Å². The van der Waals surface area contributed by atoms with Crippen LogP contribution < -0.4 is 16.4 Å². The first kappa shape index (κ1) is 25.9. The molecule has 1 fully saturated rings. The van der Waals surface area contributed by atoms with E-state index in [0.717, 1.165) is 0 Å². The van der Waals surface area contributed by atoms with Crippen LogP contribution in [0.15, 0.2) is 24.3 Å². The molecule has 4 N–H and O–H groups in total. The van der Waals surface area contributed by atoms with Crippen LogP contribution in [0, 0.1) is 18.6 Å². The number of carbonyl (C=O) groups is 1. The number of ether oxygens (including phenoxy) is 1. The van der Waals surface area contributed by atoms with Crippen molar-refractivity contribution in [2.75, 3.05) is 36.8 Å². The Morgan fingerprint density at radius 3 is 2.42 bits per heavy atom. The second kappa shape index (κ2) is 9.71. The Morgan fingerprint density at radius 2 is 1.83 bits per heavy atom. The van der Waals surface area contributed by atoms with Crippen molar-refractivity contribution in [1.29, 1.82) is 0 Å². The molecule has 1 aliphatic rings. The van der Waals surface area contributed by atoms with Crippen molar-refractivity contribution >= 4 is 40.1 Å². The molecule has 4 rings (SSSR count). The zero-order valence-corrected chi connectivity index (χ0v) is 21.5. The first-order valence-corrected chi connectivity index (χ1v) is 12.1. The lowest BCUT2D eigenvalue weighted by atomic mass is 9.96. The summed E-state index contributed by atoms with van der Waals surface area (Å²) >= 11 is 6.57. The summed E-state index contributed by atoms with van der Waals surface area (Å²) in [5, 5.41) is 0.479. The van der Waals surface area contributed by atoms with Crippen molar-refractivity contribution in [1.82, 2.24) is 9.88 Å². The molecule has 192 valence electrons. The van der Waals surface area contributed by atoms with E-state index in [-0.39, 0.29) is 40.1 Å². The van der Waals surface area contributed by atoms with E-state index in [4.69, 9.17) is 27.8 Å². The predicted molar refractivity (Wildman–Crippen MR) is 139 cm³/mol. The third kappa shape index (κ3) is 4.77.